The summed E-state index contributed by atoms with van der Waals surface area (Å²) in [6.45, 7) is 3.63. The Labute approximate surface area is 117 Å². The Morgan fingerprint density at radius 3 is 3.16 bits per heavy atom. The smallest absolute Gasteiger partial charge is 0.134 e. The van der Waals surface area contributed by atoms with Crippen LogP contribution in [0.3, 0.4) is 0 Å². The Morgan fingerprint density at radius 2 is 2.26 bits per heavy atom. The molecule has 1 N–H and O–H groups in total. The first-order valence-corrected chi connectivity index (χ1v) is 8.08. The second-order valence-corrected chi connectivity index (χ2v) is 6.70. The number of rotatable bonds is 4. The Kier molecular flexibility index (Phi) is 2.93. The highest BCUT2D eigenvalue weighted by Crippen LogP contribution is 2.32. The van der Waals surface area contributed by atoms with Crippen molar-refractivity contribution in [3.05, 3.63) is 23.7 Å². The number of nitrogens with zero attached hydrogens (tertiary/aromatic N) is 2. The molecular weight excluding hydrogens is 254 g/mol. The van der Waals surface area contributed by atoms with Crippen LogP contribution in [0.15, 0.2) is 23.7 Å². The van der Waals surface area contributed by atoms with Crippen molar-refractivity contribution in [2.45, 2.75) is 25.3 Å². The molecule has 0 spiro atoms. The first-order valence-electron chi connectivity index (χ1n) is 7.20. The van der Waals surface area contributed by atoms with E-state index in [0.717, 1.165) is 24.3 Å². The molecule has 1 saturated carbocycles. The van der Waals surface area contributed by atoms with Gasteiger partial charge in [0.15, 0.2) is 0 Å². The maximum atomic E-state index is 4.49. The van der Waals surface area contributed by atoms with Crippen LogP contribution in [0.2, 0.25) is 0 Å². The van der Waals surface area contributed by atoms with Crippen LogP contribution < -0.4 is 5.32 Å². The average molecular weight is 273 g/mol. The molecule has 1 saturated heterocycles. The number of pyridine rings is 1. The van der Waals surface area contributed by atoms with Gasteiger partial charge in [0, 0.05) is 35.4 Å². The lowest BCUT2D eigenvalue weighted by Crippen LogP contribution is -2.24. The molecule has 19 heavy (non-hydrogen) atoms. The van der Waals surface area contributed by atoms with Crippen molar-refractivity contribution in [2.75, 3.05) is 25.0 Å². The number of aromatic nitrogens is 1. The molecule has 100 valence electrons. The number of fused-ring (bicyclic) bond motifs is 1. The van der Waals surface area contributed by atoms with E-state index in [1.54, 1.807) is 11.3 Å². The maximum absolute atomic E-state index is 4.49. The lowest BCUT2D eigenvalue weighted by molar-refractivity contribution is 0.316. The Bertz CT molecular complexity index is 576. The van der Waals surface area contributed by atoms with Gasteiger partial charge in [-0.05, 0) is 49.2 Å². The van der Waals surface area contributed by atoms with E-state index in [2.05, 4.69) is 32.7 Å². The molecule has 3 nitrogen and oxygen atoms in total. The molecule has 1 aliphatic carbocycles. The zero-order chi connectivity index (χ0) is 12.7. The summed E-state index contributed by atoms with van der Waals surface area (Å²) < 4.78 is 1.32. The summed E-state index contributed by atoms with van der Waals surface area (Å²) in [5, 5.41) is 6.97. The van der Waals surface area contributed by atoms with Gasteiger partial charge in [0.2, 0.25) is 0 Å². The third kappa shape index (κ3) is 2.35. The number of thiophene rings is 1. The second kappa shape index (κ2) is 4.76. The van der Waals surface area contributed by atoms with Gasteiger partial charge in [-0.25, -0.2) is 4.98 Å². The van der Waals surface area contributed by atoms with Gasteiger partial charge in [0.1, 0.15) is 5.82 Å². The van der Waals surface area contributed by atoms with Crippen LogP contribution in [0.1, 0.15) is 19.3 Å². The highest BCUT2D eigenvalue weighted by atomic mass is 32.1. The van der Waals surface area contributed by atoms with Crippen molar-refractivity contribution in [3.8, 4) is 0 Å². The maximum Gasteiger partial charge on any atom is 0.134 e. The molecule has 2 fully saturated rings. The van der Waals surface area contributed by atoms with E-state index in [0.29, 0.717) is 0 Å². The van der Waals surface area contributed by atoms with Crippen LogP contribution in [-0.4, -0.2) is 35.6 Å². The minimum Gasteiger partial charge on any atom is -0.369 e. The predicted molar refractivity (Wildman–Crippen MR) is 80.8 cm³/mol. The van der Waals surface area contributed by atoms with Crippen LogP contribution >= 0.6 is 11.3 Å². The number of anilines is 1. The van der Waals surface area contributed by atoms with Crippen LogP contribution in [-0.2, 0) is 0 Å². The molecule has 0 aromatic carbocycles. The Balaban J connectivity index is 1.40. The average Bonchev–Trinajstić information content (AvgIpc) is 3.00. The molecule has 3 heterocycles. The molecule has 4 rings (SSSR count). The van der Waals surface area contributed by atoms with E-state index in [1.807, 2.05) is 6.20 Å². The van der Waals surface area contributed by atoms with Crippen molar-refractivity contribution in [3.63, 3.8) is 0 Å². The third-order valence-corrected chi connectivity index (χ3v) is 5.20. The van der Waals surface area contributed by atoms with Gasteiger partial charge in [-0.3, -0.25) is 0 Å². The fourth-order valence-electron chi connectivity index (χ4n) is 3.08. The van der Waals surface area contributed by atoms with E-state index in [9.17, 15) is 0 Å². The second-order valence-electron chi connectivity index (χ2n) is 5.75. The van der Waals surface area contributed by atoms with Crippen molar-refractivity contribution in [1.29, 1.82) is 0 Å². The summed E-state index contributed by atoms with van der Waals surface area (Å²) in [4.78, 5) is 7.16. The molecule has 2 aromatic rings. The normalized spacial score (nSPS) is 24.1. The summed E-state index contributed by atoms with van der Waals surface area (Å²) in [6.07, 6.45) is 6.10. The van der Waals surface area contributed by atoms with E-state index < -0.39 is 0 Å². The fraction of sp³-hybridized carbons (Fsp3) is 0.533. The topological polar surface area (TPSA) is 28.2 Å². The number of nitrogens with one attached hydrogen (secondary N) is 1. The van der Waals surface area contributed by atoms with Gasteiger partial charge in [0.25, 0.3) is 0 Å². The SMILES string of the molecule is c1cc2sccc2c(NCC2CCN(C3CC3)C2)n1. The van der Waals surface area contributed by atoms with Gasteiger partial charge < -0.3 is 10.2 Å². The highest BCUT2D eigenvalue weighted by Gasteiger charge is 2.34. The van der Waals surface area contributed by atoms with Crippen LogP contribution in [0.5, 0.6) is 0 Å². The predicted octanol–water partition coefficient (Wildman–Crippen LogP) is 3.19. The molecule has 1 atom stereocenters. The molecule has 2 aliphatic rings. The number of hydrogen-bond acceptors (Lipinski definition) is 4. The number of hydrogen-bond donors (Lipinski definition) is 1. The quantitative estimate of drug-likeness (QED) is 0.927. The van der Waals surface area contributed by atoms with Crippen LogP contribution in [0.25, 0.3) is 10.1 Å². The molecule has 0 radical (unpaired) electrons. The molecule has 4 heteroatoms. The van der Waals surface area contributed by atoms with Crippen molar-refractivity contribution < 1.29 is 0 Å². The Hall–Kier alpha value is -1.13. The molecule has 2 aromatic heterocycles. The summed E-state index contributed by atoms with van der Waals surface area (Å²) in [7, 11) is 0. The minimum absolute atomic E-state index is 0.788. The van der Waals surface area contributed by atoms with E-state index >= 15 is 0 Å². The molecule has 1 unspecified atom stereocenters. The van der Waals surface area contributed by atoms with Crippen molar-refractivity contribution in [2.24, 2.45) is 5.92 Å². The summed E-state index contributed by atoms with van der Waals surface area (Å²) in [5.41, 5.74) is 0. The molecule has 1 aliphatic heterocycles. The monoisotopic (exact) mass is 273 g/mol. The summed E-state index contributed by atoms with van der Waals surface area (Å²) >= 11 is 1.78. The fourth-order valence-corrected chi connectivity index (χ4v) is 3.86. The zero-order valence-corrected chi connectivity index (χ0v) is 11.8. The van der Waals surface area contributed by atoms with E-state index in [1.165, 1.54) is 42.4 Å². The summed E-state index contributed by atoms with van der Waals surface area (Å²) in [5.74, 6) is 1.85. The van der Waals surface area contributed by atoms with Crippen molar-refractivity contribution >= 4 is 27.2 Å². The summed E-state index contributed by atoms with van der Waals surface area (Å²) in [6, 6.07) is 5.18. The van der Waals surface area contributed by atoms with Crippen LogP contribution in [0.4, 0.5) is 5.82 Å². The van der Waals surface area contributed by atoms with Crippen LogP contribution in [0, 0.1) is 5.92 Å². The first-order chi connectivity index (χ1) is 9.40. The third-order valence-electron chi connectivity index (χ3n) is 4.32. The minimum atomic E-state index is 0.788. The Morgan fingerprint density at radius 1 is 1.32 bits per heavy atom. The number of likely N-dealkylation sites (tertiary alicyclic amines) is 1. The van der Waals surface area contributed by atoms with Gasteiger partial charge in [-0.15, -0.1) is 11.3 Å². The molecule has 0 amide bonds. The van der Waals surface area contributed by atoms with Crippen molar-refractivity contribution in [1.82, 2.24) is 9.88 Å². The van der Waals surface area contributed by atoms with Gasteiger partial charge in [-0.2, -0.15) is 0 Å². The molecule has 0 bridgehead atoms. The largest absolute Gasteiger partial charge is 0.369 e. The zero-order valence-electron chi connectivity index (χ0n) is 11.0. The van der Waals surface area contributed by atoms with Gasteiger partial charge >= 0.3 is 0 Å². The van der Waals surface area contributed by atoms with Gasteiger partial charge in [-0.1, -0.05) is 0 Å². The lowest BCUT2D eigenvalue weighted by atomic mass is 10.1. The van der Waals surface area contributed by atoms with Gasteiger partial charge in [0.05, 0.1) is 0 Å². The highest BCUT2D eigenvalue weighted by molar-refractivity contribution is 7.17. The van der Waals surface area contributed by atoms with E-state index in [-0.39, 0.29) is 0 Å². The lowest BCUT2D eigenvalue weighted by Gasteiger charge is -2.15. The van der Waals surface area contributed by atoms with E-state index in [4.69, 9.17) is 0 Å². The first kappa shape index (κ1) is 11.7. The molecular formula is C15H19N3S. The standard InChI is InChI=1S/C15H19N3S/c1-2-12(1)18-7-4-11(10-18)9-17-15-13-5-8-19-14(13)3-6-16-15/h3,5-6,8,11-12H,1-2,4,7,9-10H2,(H,16,17).